The number of aromatic nitrogens is 2. The Bertz CT molecular complexity index is 581. The second-order valence-corrected chi connectivity index (χ2v) is 5.14. The molecule has 1 fully saturated rings. The number of imidazole rings is 1. The molecule has 1 aliphatic heterocycles. The number of aromatic hydroxyl groups is 1. The molecule has 0 amide bonds. The molecule has 5 heteroatoms. The van der Waals surface area contributed by atoms with Crippen LogP contribution in [0.4, 0.5) is 0 Å². The van der Waals surface area contributed by atoms with E-state index in [9.17, 15) is 5.11 Å². The van der Waals surface area contributed by atoms with Gasteiger partial charge in [-0.15, -0.1) is 0 Å². The Hall–Kier alpha value is -1.26. The first kappa shape index (κ1) is 11.8. The van der Waals surface area contributed by atoms with E-state index < -0.39 is 0 Å². The average Bonchev–Trinajstić information content (AvgIpc) is 2.95. The first-order valence-electron chi connectivity index (χ1n) is 6.28. The molecule has 3 rings (SSSR count). The molecule has 1 aliphatic rings. The van der Waals surface area contributed by atoms with Gasteiger partial charge >= 0.3 is 0 Å². The Labute approximate surface area is 111 Å². The van der Waals surface area contributed by atoms with Crippen molar-refractivity contribution in [2.75, 3.05) is 19.6 Å². The summed E-state index contributed by atoms with van der Waals surface area (Å²) in [5.41, 5.74) is 0.779. The van der Waals surface area contributed by atoms with E-state index in [1.54, 1.807) is 12.1 Å². The van der Waals surface area contributed by atoms with Crippen molar-refractivity contribution >= 4 is 17.1 Å². The fourth-order valence-corrected chi connectivity index (χ4v) is 2.91. The molecule has 1 N–H and O–H groups in total. The van der Waals surface area contributed by atoms with Gasteiger partial charge in [0, 0.05) is 24.7 Å². The number of rotatable bonds is 2. The van der Waals surface area contributed by atoms with Crippen LogP contribution < -0.4 is 0 Å². The van der Waals surface area contributed by atoms with Gasteiger partial charge in [0.2, 0.25) is 0 Å². The maximum Gasteiger partial charge on any atom is 0.155 e. The largest absolute Gasteiger partial charge is 0.508 e. The highest BCUT2D eigenvalue weighted by atomic mass is 35.5. The van der Waals surface area contributed by atoms with Crippen molar-refractivity contribution < 1.29 is 5.11 Å². The molecule has 0 saturated carbocycles. The third-order valence-corrected chi connectivity index (χ3v) is 3.97. The third-order valence-electron chi connectivity index (χ3n) is 3.69. The number of likely N-dealkylation sites (N-methyl/N-ethyl adjacent to an activating group) is 1. The SMILES string of the molecule is CCN1CCC(c2nc(Cl)c3cc(O)ccn23)C1. The Balaban J connectivity index is 2.03. The molecule has 2 aromatic heterocycles. The van der Waals surface area contributed by atoms with E-state index >= 15 is 0 Å². The molecule has 3 heterocycles. The zero-order valence-corrected chi connectivity index (χ0v) is 11.1. The third kappa shape index (κ3) is 1.85. The number of pyridine rings is 1. The minimum Gasteiger partial charge on any atom is -0.508 e. The van der Waals surface area contributed by atoms with E-state index in [4.69, 9.17) is 11.6 Å². The summed E-state index contributed by atoms with van der Waals surface area (Å²) < 4.78 is 1.99. The zero-order valence-electron chi connectivity index (χ0n) is 10.3. The fourth-order valence-electron chi connectivity index (χ4n) is 2.68. The summed E-state index contributed by atoms with van der Waals surface area (Å²) in [5, 5.41) is 9.97. The number of halogens is 1. The number of nitrogens with zero attached hydrogens (tertiary/aromatic N) is 3. The monoisotopic (exact) mass is 265 g/mol. The molecule has 18 heavy (non-hydrogen) atoms. The van der Waals surface area contributed by atoms with Crippen LogP contribution in [0, 0.1) is 0 Å². The molecular weight excluding hydrogens is 250 g/mol. The Morgan fingerprint density at radius 3 is 3.11 bits per heavy atom. The predicted molar refractivity (Wildman–Crippen MR) is 71.3 cm³/mol. The van der Waals surface area contributed by atoms with E-state index in [0.717, 1.165) is 37.4 Å². The summed E-state index contributed by atoms with van der Waals surface area (Å²) in [4.78, 5) is 6.89. The number of likely N-dealkylation sites (tertiary alicyclic amines) is 1. The lowest BCUT2D eigenvalue weighted by atomic mass is 10.1. The van der Waals surface area contributed by atoms with Gasteiger partial charge in [0.15, 0.2) is 5.15 Å². The predicted octanol–water partition coefficient (Wildman–Crippen LogP) is 2.50. The molecule has 4 nitrogen and oxygen atoms in total. The standard InChI is InChI=1S/C13H16ClN3O/c1-2-16-5-3-9(8-16)13-15-12(14)11-7-10(18)4-6-17(11)13/h4,6-7,9,18H,2-3,5,8H2,1H3. The summed E-state index contributed by atoms with van der Waals surface area (Å²) in [6, 6.07) is 3.33. The highest BCUT2D eigenvalue weighted by Gasteiger charge is 2.27. The normalized spacial score (nSPS) is 20.9. The van der Waals surface area contributed by atoms with Crippen LogP contribution in [0.5, 0.6) is 5.75 Å². The van der Waals surface area contributed by atoms with Crippen LogP contribution in [-0.2, 0) is 0 Å². The lowest BCUT2D eigenvalue weighted by Gasteiger charge is -2.12. The quantitative estimate of drug-likeness (QED) is 0.907. The van der Waals surface area contributed by atoms with Gasteiger partial charge in [0.25, 0.3) is 0 Å². The smallest absolute Gasteiger partial charge is 0.155 e. The van der Waals surface area contributed by atoms with Gasteiger partial charge < -0.3 is 14.4 Å². The van der Waals surface area contributed by atoms with Gasteiger partial charge in [0.05, 0.1) is 5.52 Å². The summed E-state index contributed by atoms with van der Waals surface area (Å²) >= 11 is 6.14. The molecule has 2 aromatic rings. The van der Waals surface area contributed by atoms with Crippen molar-refractivity contribution in [1.82, 2.24) is 14.3 Å². The molecule has 1 saturated heterocycles. The molecule has 0 aromatic carbocycles. The van der Waals surface area contributed by atoms with Crippen LogP contribution in [0.3, 0.4) is 0 Å². The van der Waals surface area contributed by atoms with E-state index in [1.165, 1.54) is 0 Å². The first-order valence-corrected chi connectivity index (χ1v) is 6.65. The molecule has 0 bridgehead atoms. The van der Waals surface area contributed by atoms with Crippen molar-refractivity contribution in [1.29, 1.82) is 0 Å². The number of fused-ring (bicyclic) bond motifs is 1. The van der Waals surface area contributed by atoms with Crippen molar-refractivity contribution in [3.05, 3.63) is 29.3 Å². The van der Waals surface area contributed by atoms with Crippen LogP contribution in [0.25, 0.3) is 5.52 Å². The molecular formula is C13H16ClN3O. The molecule has 0 aliphatic carbocycles. The van der Waals surface area contributed by atoms with E-state index in [2.05, 4.69) is 16.8 Å². The summed E-state index contributed by atoms with van der Waals surface area (Å²) in [6.07, 6.45) is 2.96. The van der Waals surface area contributed by atoms with Crippen LogP contribution in [0.15, 0.2) is 18.3 Å². The van der Waals surface area contributed by atoms with Gasteiger partial charge in [-0.2, -0.15) is 0 Å². The summed E-state index contributed by atoms with van der Waals surface area (Å²) in [5.74, 6) is 1.65. The highest BCUT2D eigenvalue weighted by molar-refractivity contribution is 6.32. The molecule has 1 atom stereocenters. The van der Waals surface area contributed by atoms with Gasteiger partial charge in [0.1, 0.15) is 11.6 Å². The van der Waals surface area contributed by atoms with E-state index in [-0.39, 0.29) is 5.75 Å². The first-order chi connectivity index (χ1) is 8.69. The Morgan fingerprint density at radius 1 is 1.56 bits per heavy atom. The second kappa shape index (κ2) is 4.44. The average molecular weight is 266 g/mol. The highest BCUT2D eigenvalue weighted by Crippen LogP contribution is 2.30. The summed E-state index contributed by atoms with van der Waals surface area (Å²) in [7, 11) is 0. The maximum atomic E-state index is 9.50. The molecule has 0 spiro atoms. The van der Waals surface area contributed by atoms with Crippen molar-refractivity contribution in [3.8, 4) is 5.75 Å². The summed E-state index contributed by atoms with van der Waals surface area (Å²) in [6.45, 7) is 5.41. The Morgan fingerprint density at radius 2 is 2.39 bits per heavy atom. The molecule has 0 radical (unpaired) electrons. The van der Waals surface area contributed by atoms with Crippen molar-refractivity contribution in [2.24, 2.45) is 0 Å². The van der Waals surface area contributed by atoms with Crippen LogP contribution in [-0.4, -0.2) is 39.0 Å². The minimum atomic E-state index is 0.220. The lowest BCUT2D eigenvalue weighted by molar-refractivity contribution is 0.352. The van der Waals surface area contributed by atoms with E-state index in [1.807, 2.05) is 10.6 Å². The fraction of sp³-hybridized carbons (Fsp3) is 0.462. The lowest BCUT2D eigenvalue weighted by Crippen LogP contribution is -2.19. The van der Waals surface area contributed by atoms with E-state index in [0.29, 0.717) is 11.1 Å². The van der Waals surface area contributed by atoms with Crippen LogP contribution in [0.2, 0.25) is 5.15 Å². The second-order valence-electron chi connectivity index (χ2n) is 4.78. The Kier molecular flexibility index (Phi) is 2.92. The number of hydrogen-bond donors (Lipinski definition) is 1. The van der Waals surface area contributed by atoms with Gasteiger partial charge in [-0.25, -0.2) is 4.98 Å². The number of hydrogen-bond acceptors (Lipinski definition) is 3. The zero-order chi connectivity index (χ0) is 12.7. The van der Waals surface area contributed by atoms with Crippen molar-refractivity contribution in [2.45, 2.75) is 19.3 Å². The molecule has 1 unspecified atom stereocenters. The minimum absolute atomic E-state index is 0.220. The van der Waals surface area contributed by atoms with Gasteiger partial charge in [-0.05, 0) is 25.6 Å². The van der Waals surface area contributed by atoms with Crippen LogP contribution >= 0.6 is 11.6 Å². The van der Waals surface area contributed by atoms with Gasteiger partial charge in [-0.1, -0.05) is 18.5 Å². The topological polar surface area (TPSA) is 40.8 Å². The van der Waals surface area contributed by atoms with Gasteiger partial charge in [-0.3, -0.25) is 0 Å². The van der Waals surface area contributed by atoms with Crippen molar-refractivity contribution in [3.63, 3.8) is 0 Å². The maximum absolute atomic E-state index is 9.50. The van der Waals surface area contributed by atoms with Crippen LogP contribution in [0.1, 0.15) is 25.1 Å². The molecule has 96 valence electrons.